The van der Waals surface area contributed by atoms with Gasteiger partial charge in [-0.1, -0.05) is 0 Å². The molecule has 2 aliphatic heterocycles. The molecule has 8 nitrogen and oxygen atoms in total. The molecule has 0 bridgehead atoms. The number of halogens is 4. The number of rotatable bonds is 3. The Kier molecular flexibility index (Phi) is 3.07. The fourth-order valence-electron chi connectivity index (χ4n) is 3.27. The van der Waals surface area contributed by atoms with Gasteiger partial charge in [0.1, 0.15) is 5.52 Å². The van der Waals surface area contributed by atoms with E-state index in [0.29, 0.717) is 29.8 Å². The highest BCUT2D eigenvalue weighted by molar-refractivity contribution is 5.97. The Labute approximate surface area is 148 Å². The van der Waals surface area contributed by atoms with E-state index < -0.39 is 12.2 Å². The molecule has 2 aliphatic rings. The van der Waals surface area contributed by atoms with Crippen molar-refractivity contribution in [3.8, 4) is 11.5 Å². The van der Waals surface area contributed by atoms with E-state index in [1.807, 2.05) is 0 Å². The lowest BCUT2D eigenvalue weighted by atomic mass is 10.1. The van der Waals surface area contributed by atoms with Gasteiger partial charge in [0, 0.05) is 18.4 Å². The summed E-state index contributed by atoms with van der Waals surface area (Å²) in [4.78, 5) is 10.0. The lowest BCUT2D eigenvalue weighted by molar-refractivity contribution is -0.286. The van der Waals surface area contributed by atoms with Crippen molar-refractivity contribution in [1.29, 1.82) is 0 Å². The number of benzene rings is 1. The molecule has 1 saturated heterocycles. The van der Waals surface area contributed by atoms with Gasteiger partial charge in [-0.3, -0.25) is 4.90 Å². The molecular formula is C15H12F4N6O2. The first kappa shape index (κ1) is 16.3. The van der Waals surface area contributed by atoms with Gasteiger partial charge in [0.2, 0.25) is 5.95 Å². The van der Waals surface area contributed by atoms with Crippen LogP contribution >= 0.6 is 0 Å². The first-order valence-corrected chi connectivity index (χ1v) is 8.05. The van der Waals surface area contributed by atoms with Crippen LogP contribution in [0.2, 0.25) is 0 Å². The van der Waals surface area contributed by atoms with Gasteiger partial charge in [-0.15, -0.1) is 13.9 Å². The Morgan fingerprint density at radius 3 is 2.63 bits per heavy atom. The highest BCUT2D eigenvalue weighted by Gasteiger charge is 2.45. The Morgan fingerprint density at radius 1 is 1.11 bits per heavy atom. The molecular weight excluding hydrogens is 372 g/mol. The SMILES string of the molecule is Nc1nc2c3c(ccc2c2nc(CCN4CC(F)(F)C4)nn12)OC(F)(F)O3. The van der Waals surface area contributed by atoms with Gasteiger partial charge in [-0.25, -0.2) is 18.7 Å². The van der Waals surface area contributed by atoms with Gasteiger partial charge in [-0.05, 0) is 12.1 Å². The molecule has 0 saturated carbocycles. The van der Waals surface area contributed by atoms with Crippen LogP contribution in [0.15, 0.2) is 12.1 Å². The van der Waals surface area contributed by atoms with Crippen molar-refractivity contribution in [3.05, 3.63) is 18.0 Å². The number of nitrogens with zero attached hydrogens (tertiary/aromatic N) is 5. The summed E-state index contributed by atoms with van der Waals surface area (Å²) >= 11 is 0. The molecule has 0 aliphatic carbocycles. The summed E-state index contributed by atoms with van der Waals surface area (Å²) in [6.07, 6.45) is -3.45. The Hall–Kier alpha value is -2.89. The van der Waals surface area contributed by atoms with Crippen molar-refractivity contribution in [2.75, 3.05) is 25.4 Å². The van der Waals surface area contributed by atoms with Crippen LogP contribution in [0.25, 0.3) is 16.6 Å². The number of ether oxygens (including phenoxy) is 2. The molecule has 142 valence electrons. The molecule has 27 heavy (non-hydrogen) atoms. The summed E-state index contributed by atoms with van der Waals surface area (Å²) in [6.45, 7) is -0.203. The molecule has 1 aromatic carbocycles. The molecule has 2 N–H and O–H groups in total. The van der Waals surface area contributed by atoms with Crippen molar-refractivity contribution >= 4 is 22.5 Å². The predicted octanol–water partition coefficient (Wildman–Crippen LogP) is 1.67. The van der Waals surface area contributed by atoms with Crippen molar-refractivity contribution in [2.45, 2.75) is 18.6 Å². The van der Waals surface area contributed by atoms with Gasteiger partial charge >= 0.3 is 6.29 Å². The first-order chi connectivity index (χ1) is 12.7. The number of aromatic nitrogens is 4. The highest BCUT2D eigenvalue weighted by Crippen LogP contribution is 2.45. The largest absolute Gasteiger partial charge is 0.586 e. The predicted molar refractivity (Wildman–Crippen MR) is 84.0 cm³/mol. The molecule has 0 radical (unpaired) electrons. The minimum Gasteiger partial charge on any atom is -0.395 e. The number of nitrogen functional groups attached to an aromatic ring is 1. The number of likely N-dealkylation sites (tertiary alicyclic amines) is 1. The fourth-order valence-corrected chi connectivity index (χ4v) is 3.27. The van der Waals surface area contributed by atoms with Crippen LogP contribution in [-0.2, 0) is 6.42 Å². The third-order valence-electron chi connectivity index (χ3n) is 4.44. The smallest absolute Gasteiger partial charge is 0.395 e. The van der Waals surface area contributed by atoms with Crippen LogP contribution < -0.4 is 15.2 Å². The summed E-state index contributed by atoms with van der Waals surface area (Å²) in [5, 5.41) is 4.64. The zero-order chi connectivity index (χ0) is 19.0. The summed E-state index contributed by atoms with van der Waals surface area (Å²) in [5.74, 6) is -2.70. The first-order valence-electron chi connectivity index (χ1n) is 8.05. The van der Waals surface area contributed by atoms with E-state index >= 15 is 0 Å². The van der Waals surface area contributed by atoms with Gasteiger partial charge < -0.3 is 15.2 Å². The van der Waals surface area contributed by atoms with Gasteiger partial charge in [-0.2, -0.15) is 4.52 Å². The number of hydrogen-bond acceptors (Lipinski definition) is 7. The quantitative estimate of drug-likeness (QED) is 0.687. The molecule has 5 rings (SSSR count). The Bertz CT molecular complexity index is 1080. The summed E-state index contributed by atoms with van der Waals surface area (Å²) < 4.78 is 62.7. The summed E-state index contributed by atoms with van der Waals surface area (Å²) in [7, 11) is 0. The number of fused-ring (bicyclic) bond motifs is 5. The molecule has 0 unspecified atom stereocenters. The van der Waals surface area contributed by atoms with Crippen LogP contribution in [0, 0.1) is 0 Å². The molecule has 12 heteroatoms. The van der Waals surface area contributed by atoms with E-state index in [1.165, 1.54) is 16.6 Å². The second-order valence-corrected chi connectivity index (χ2v) is 6.51. The molecule has 3 aromatic rings. The van der Waals surface area contributed by atoms with E-state index in [-0.39, 0.29) is 36.1 Å². The third kappa shape index (κ3) is 2.59. The van der Waals surface area contributed by atoms with Crippen LogP contribution in [0.4, 0.5) is 23.5 Å². The van der Waals surface area contributed by atoms with Crippen molar-refractivity contribution in [1.82, 2.24) is 24.5 Å². The molecule has 2 aromatic heterocycles. The number of nitrogens with two attached hydrogens (primary N) is 1. The van der Waals surface area contributed by atoms with Gasteiger partial charge in [0.05, 0.1) is 13.1 Å². The number of alkyl halides is 4. The fraction of sp³-hybridized carbons (Fsp3) is 0.400. The average molecular weight is 384 g/mol. The van der Waals surface area contributed by atoms with E-state index in [2.05, 4.69) is 24.5 Å². The lowest BCUT2D eigenvalue weighted by Gasteiger charge is -2.38. The van der Waals surface area contributed by atoms with Crippen molar-refractivity contribution in [3.63, 3.8) is 0 Å². The normalized spacial score (nSPS) is 20.3. The number of hydrogen-bond donors (Lipinski definition) is 1. The zero-order valence-electron chi connectivity index (χ0n) is 13.6. The third-order valence-corrected chi connectivity index (χ3v) is 4.44. The average Bonchev–Trinajstić information content (AvgIpc) is 3.11. The highest BCUT2D eigenvalue weighted by atomic mass is 19.3. The Balaban J connectivity index is 1.51. The van der Waals surface area contributed by atoms with Gasteiger partial charge in [0.25, 0.3) is 5.92 Å². The van der Waals surface area contributed by atoms with Crippen LogP contribution in [-0.4, -0.2) is 56.3 Å². The summed E-state index contributed by atoms with van der Waals surface area (Å²) in [5.41, 5.74) is 6.27. The standard InChI is InChI=1S/C15H12F4N6O2/c16-14(17)5-24(6-14)4-3-9-21-12-7-1-2-8-11(27-15(18,19)26-8)10(7)22-13(20)25(12)23-9/h1-2H,3-6H2,(H2,20,22). The van der Waals surface area contributed by atoms with Crippen LogP contribution in [0.3, 0.4) is 0 Å². The lowest BCUT2D eigenvalue weighted by Crippen LogP contribution is -2.56. The monoisotopic (exact) mass is 384 g/mol. The maximum absolute atomic E-state index is 13.4. The minimum absolute atomic E-state index is 0.0704. The molecule has 4 heterocycles. The topological polar surface area (TPSA) is 90.8 Å². The van der Waals surface area contributed by atoms with E-state index in [0.717, 1.165) is 0 Å². The van der Waals surface area contributed by atoms with Crippen LogP contribution in [0.5, 0.6) is 11.5 Å². The maximum atomic E-state index is 13.4. The van der Waals surface area contributed by atoms with Gasteiger partial charge in [0.15, 0.2) is 23.0 Å². The molecule has 0 atom stereocenters. The van der Waals surface area contributed by atoms with E-state index in [4.69, 9.17) is 5.73 Å². The van der Waals surface area contributed by atoms with Crippen molar-refractivity contribution in [2.24, 2.45) is 0 Å². The molecule has 0 spiro atoms. The Morgan fingerprint density at radius 2 is 1.89 bits per heavy atom. The maximum Gasteiger partial charge on any atom is 0.586 e. The molecule has 0 amide bonds. The van der Waals surface area contributed by atoms with Crippen LogP contribution in [0.1, 0.15) is 5.82 Å². The second-order valence-electron chi connectivity index (χ2n) is 6.51. The second kappa shape index (κ2) is 5.09. The summed E-state index contributed by atoms with van der Waals surface area (Å²) in [6, 6.07) is 2.84. The number of anilines is 1. The zero-order valence-corrected chi connectivity index (χ0v) is 13.6. The van der Waals surface area contributed by atoms with Crippen molar-refractivity contribution < 1.29 is 27.0 Å². The van der Waals surface area contributed by atoms with E-state index in [1.54, 1.807) is 4.90 Å². The van der Waals surface area contributed by atoms with E-state index in [9.17, 15) is 17.6 Å². The minimum atomic E-state index is -3.78. The molecule has 1 fully saturated rings.